The van der Waals surface area contributed by atoms with Crippen molar-refractivity contribution >= 4 is 40.2 Å². The first kappa shape index (κ1) is 19.6. The number of thiophene rings is 1. The molecule has 0 aliphatic heterocycles. The lowest BCUT2D eigenvalue weighted by Gasteiger charge is -2.08. The number of ether oxygens (including phenoxy) is 1. The van der Waals surface area contributed by atoms with Crippen molar-refractivity contribution in [2.75, 3.05) is 18.5 Å². The minimum atomic E-state index is -0.734. The van der Waals surface area contributed by atoms with E-state index in [0.29, 0.717) is 17.1 Å². The van der Waals surface area contributed by atoms with E-state index >= 15 is 0 Å². The summed E-state index contributed by atoms with van der Waals surface area (Å²) in [4.78, 5) is 47.2. The number of aryl methyl sites for hydroxylation is 1. The van der Waals surface area contributed by atoms with Crippen LogP contribution in [0.4, 0.5) is 9.80 Å². The summed E-state index contributed by atoms with van der Waals surface area (Å²) in [6, 6.07) is -0.639. The molecule has 9 heteroatoms. The van der Waals surface area contributed by atoms with Crippen LogP contribution in [0.1, 0.15) is 41.1 Å². The molecule has 0 aromatic carbocycles. The number of rotatable bonds is 6. The molecule has 1 rings (SSSR count). The highest BCUT2D eigenvalue weighted by molar-refractivity contribution is 7.16. The molecule has 0 bridgehead atoms. The smallest absolute Gasteiger partial charge is 0.341 e. The average Bonchev–Trinajstić information content (AvgIpc) is 2.76. The number of hydrogen-bond acceptors (Lipinski definition) is 6. The van der Waals surface area contributed by atoms with Crippen LogP contribution in [0.5, 0.6) is 0 Å². The van der Waals surface area contributed by atoms with Gasteiger partial charge >= 0.3 is 12.0 Å². The lowest BCUT2D eigenvalue weighted by molar-refractivity contribution is -0.123. The second-order valence-electron chi connectivity index (χ2n) is 5.05. The first-order valence-corrected chi connectivity index (χ1v) is 8.20. The Hall–Kier alpha value is -2.42. The van der Waals surface area contributed by atoms with Crippen molar-refractivity contribution < 1.29 is 23.9 Å². The third kappa shape index (κ3) is 5.65. The summed E-state index contributed by atoms with van der Waals surface area (Å²) in [5.74, 6) is -1.78. The maximum atomic E-state index is 12.2. The predicted octanol–water partition coefficient (Wildman–Crippen LogP) is 1.72. The Morgan fingerprint density at radius 3 is 2.42 bits per heavy atom. The fourth-order valence-electron chi connectivity index (χ4n) is 1.77. The standard InChI is InChI=1S/C15H21N3O5S/c1-5-6-16-15(22)18-11(20)7-23-14(21)12-8(2)9(3)24-13(12)17-10(4)19/h5-7H2,1-4H3,(H,17,19)(H2,16,18,20,22). The molecule has 0 fully saturated rings. The Labute approximate surface area is 143 Å². The zero-order valence-corrected chi connectivity index (χ0v) is 14.9. The van der Waals surface area contributed by atoms with Crippen molar-refractivity contribution in [1.29, 1.82) is 0 Å². The zero-order valence-electron chi connectivity index (χ0n) is 14.1. The van der Waals surface area contributed by atoms with Crippen molar-refractivity contribution in [3.63, 3.8) is 0 Å². The van der Waals surface area contributed by atoms with Gasteiger partial charge in [0.1, 0.15) is 5.00 Å². The van der Waals surface area contributed by atoms with Gasteiger partial charge in [0.05, 0.1) is 5.56 Å². The molecule has 0 radical (unpaired) electrons. The first-order chi connectivity index (χ1) is 11.3. The normalized spacial score (nSPS) is 10.0. The van der Waals surface area contributed by atoms with Gasteiger partial charge in [-0.25, -0.2) is 9.59 Å². The first-order valence-electron chi connectivity index (χ1n) is 7.38. The van der Waals surface area contributed by atoms with Crippen LogP contribution in [0.2, 0.25) is 0 Å². The second-order valence-corrected chi connectivity index (χ2v) is 6.27. The highest BCUT2D eigenvalue weighted by Gasteiger charge is 2.22. The monoisotopic (exact) mass is 355 g/mol. The molecule has 0 unspecified atom stereocenters. The molecule has 1 aromatic heterocycles. The predicted molar refractivity (Wildman–Crippen MR) is 90.2 cm³/mol. The fourth-order valence-corrected chi connectivity index (χ4v) is 2.86. The topological polar surface area (TPSA) is 114 Å². The molecule has 0 atom stereocenters. The number of esters is 1. The molecule has 1 aromatic rings. The molecular weight excluding hydrogens is 334 g/mol. The molecule has 1 heterocycles. The molecule has 0 aliphatic carbocycles. The SMILES string of the molecule is CCCNC(=O)NC(=O)COC(=O)c1c(NC(C)=O)sc(C)c1C. The minimum absolute atomic E-state index is 0.218. The summed E-state index contributed by atoms with van der Waals surface area (Å²) in [6.45, 7) is 6.60. The molecule has 0 saturated heterocycles. The Morgan fingerprint density at radius 1 is 1.17 bits per heavy atom. The van der Waals surface area contributed by atoms with Gasteiger partial charge in [-0.3, -0.25) is 14.9 Å². The number of amides is 4. The number of hydrogen-bond donors (Lipinski definition) is 3. The van der Waals surface area contributed by atoms with Crippen molar-refractivity contribution in [3.05, 3.63) is 16.0 Å². The minimum Gasteiger partial charge on any atom is -0.452 e. The maximum absolute atomic E-state index is 12.2. The van der Waals surface area contributed by atoms with Gasteiger partial charge in [-0.15, -0.1) is 11.3 Å². The number of carbonyl (C=O) groups excluding carboxylic acids is 4. The third-order valence-electron chi connectivity index (χ3n) is 3.00. The van der Waals surface area contributed by atoms with E-state index in [1.54, 1.807) is 6.92 Å². The van der Waals surface area contributed by atoms with E-state index in [1.807, 2.05) is 13.8 Å². The average molecular weight is 355 g/mol. The number of urea groups is 1. The molecule has 4 amide bonds. The van der Waals surface area contributed by atoms with Crippen molar-refractivity contribution in [1.82, 2.24) is 10.6 Å². The van der Waals surface area contributed by atoms with Gasteiger partial charge in [-0.1, -0.05) is 6.92 Å². The van der Waals surface area contributed by atoms with Gasteiger partial charge < -0.3 is 15.4 Å². The largest absolute Gasteiger partial charge is 0.452 e. The second kappa shape index (κ2) is 9.02. The van der Waals surface area contributed by atoms with Crippen LogP contribution >= 0.6 is 11.3 Å². The number of anilines is 1. The number of nitrogens with one attached hydrogen (secondary N) is 3. The summed E-state index contributed by atoms with van der Waals surface area (Å²) in [7, 11) is 0. The lowest BCUT2D eigenvalue weighted by Crippen LogP contribution is -2.41. The van der Waals surface area contributed by atoms with Crippen LogP contribution in [-0.4, -0.2) is 37.0 Å². The van der Waals surface area contributed by atoms with Gasteiger partial charge in [0, 0.05) is 18.3 Å². The molecule has 24 heavy (non-hydrogen) atoms. The van der Waals surface area contributed by atoms with Crippen LogP contribution < -0.4 is 16.0 Å². The van der Waals surface area contributed by atoms with Gasteiger partial charge in [-0.05, 0) is 25.8 Å². The van der Waals surface area contributed by atoms with Crippen molar-refractivity contribution in [2.45, 2.75) is 34.1 Å². The van der Waals surface area contributed by atoms with Crippen LogP contribution in [0, 0.1) is 13.8 Å². The highest BCUT2D eigenvalue weighted by atomic mass is 32.1. The summed E-state index contributed by atoms with van der Waals surface area (Å²) >= 11 is 1.25. The Balaban J connectivity index is 2.67. The molecule has 0 aliphatic rings. The Kier molecular flexibility index (Phi) is 7.37. The van der Waals surface area contributed by atoms with Gasteiger partial charge in [0.2, 0.25) is 5.91 Å². The Bertz CT molecular complexity index is 654. The number of imide groups is 1. The van der Waals surface area contributed by atoms with Gasteiger partial charge in [-0.2, -0.15) is 0 Å². The zero-order chi connectivity index (χ0) is 18.3. The van der Waals surface area contributed by atoms with E-state index in [9.17, 15) is 19.2 Å². The van der Waals surface area contributed by atoms with Crippen LogP contribution in [-0.2, 0) is 14.3 Å². The van der Waals surface area contributed by atoms with Crippen molar-refractivity contribution in [3.8, 4) is 0 Å². The third-order valence-corrected chi connectivity index (χ3v) is 4.12. The lowest BCUT2D eigenvalue weighted by atomic mass is 10.1. The van der Waals surface area contributed by atoms with Gasteiger partial charge in [0.15, 0.2) is 6.61 Å². The van der Waals surface area contributed by atoms with E-state index in [0.717, 1.165) is 11.3 Å². The molecule has 0 saturated carbocycles. The molecule has 132 valence electrons. The number of carbonyl (C=O) groups is 4. The van der Waals surface area contributed by atoms with Crippen molar-refractivity contribution in [2.24, 2.45) is 0 Å². The quantitative estimate of drug-likeness (QED) is 0.672. The summed E-state index contributed by atoms with van der Waals surface area (Å²) in [6.07, 6.45) is 0.735. The molecule has 8 nitrogen and oxygen atoms in total. The van der Waals surface area contributed by atoms with E-state index in [2.05, 4.69) is 16.0 Å². The highest BCUT2D eigenvalue weighted by Crippen LogP contribution is 2.32. The summed E-state index contributed by atoms with van der Waals surface area (Å²) < 4.78 is 4.94. The van der Waals surface area contributed by atoms with Gasteiger partial charge in [0.25, 0.3) is 5.91 Å². The van der Waals surface area contributed by atoms with E-state index in [-0.39, 0.29) is 11.5 Å². The fraction of sp³-hybridized carbons (Fsp3) is 0.467. The van der Waals surface area contributed by atoms with E-state index in [1.165, 1.54) is 18.3 Å². The van der Waals surface area contributed by atoms with Crippen LogP contribution in [0.15, 0.2) is 0 Å². The van der Waals surface area contributed by atoms with Crippen LogP contribution in [0.25, 0.3) is 0 Å². The molecular formula is C15H21N3O5S. The summed E-state index contributed by atoms with van der Waals surface area (Å²) in [5, 5.41) is 7.47. The Morgan fingerprint density at radius 2 is 1.83 bits per heavy atom. The molecule has 3 N–H and O–H groups in total. The summed E-state index contributed by atoms with van der Waals surface area (Å²) in [5.41, 5.74) is 0.894. The molecule has 0 spiro atoms. The maximum Gasteiger partial charge on any atom is 0.341 e. The van der Waals surface area contributed by atoms with E-state index < -0.39 is 24.5 Å². The van der Waals surface area contributed by atoms with E-state index in [4.69, 9.17) is 4.74 Å². The van der Waals surface area contributed by atoms with Crippen LogP contribution in [0.3, 0.4) is 0 Å².